The summed E-state index contributed by atoms with van der Waals surface area (Å²) in [6.07, 6.45) is 0. The third-order valence-electron chi connectivity index (χ3n) is 3.82. The number of ether oxygens (including phenoxy) is 1. The van der Waals surface area contributed by atoms with E-state index in [2.05, 4.69) is 26.0 Å². The third kappa shape index (κ3) is 5.89. The van der Waals surface area contributed by atoms with Crippen molar-refractivity contribution in [1.29, 1.82) is 0 Å². The van der Waals surface area contributed by atoms with Gasteiger partial charge in [-0.25, -0.2) is 8.42 Å². The summed E-state index contributed by atoms with van der Waals surface area (Å²) < 4.78 is 33.7. The van der Waals surface area contributed by atoms with Gasteiger partial charge in [-0.1, -0.05) is 35.3 Å². The van der Waals surface area contributed by atoms with E-state index >= 15 is 0 Å². The van der Waals surface area contributed by atoms with Crippen LogP contribution in [0.2, 0.25) is 10.0 Å². The summed E-state index contributed by atoms with van der Waals surface area (Å²) >= 11 is 15.3. The number of carbonyl (C=O) groups excluding carboxylic acids is 1. The number of para-hydroxylation sites is 1. The van der Waals surface area contributed by atoms with Gasteiger partial charge in [0.2, 0.25) is 0 Å². The first-order valence-corrected chi connectivity index (χ1v) is 11.5. The summed E-state index contributed by atoms with van der Waals surface area (Å²) in [5.41, 5.74) is 0.964. The smallest absolute Gasteiger partial charge is 0.262 e. The Morgan fingerprint density at radius 3 is 2.37 bits per heavy atom. The Kier molecular flexibility index (Phi) is 7.25. The van der Waals surface area contributed by atoms with Gasteiger partial charge in [-0.2, -0.15) is 0 Å². The van der Waals surface area contributed by atoms with Crippen LogP contribution in [0.1, 0.15) is 0 Å². The molecule has 156 valence electrons. The van der Waals surface area contributed by atoms with Crippen molar-refractivity contribution in [2.45, 2.75) is 4.90 Å². The van der Waals surface area contributed by atoms with Crippen LogP contribution in [0.4, 0.5) is 11.4 Å². The standard InChI is InChI=1S/C20H15BrCl2N2O4S/c21-16-3-1-2-4-18(16)24-20(26)12-29-19-10-9-15(11-17(19)23)30(27,28)25-14-7-5-13(22)6-8-14/h1-11,25H,12H2,(H,24,26). The zero-order chi connectivity index (χ0) is 21.7. The van der Waals surface area contributed by atoms with Gasteiger partial charge in [0.25, 0.3) is 15.9 Å². The molecule has 3 aromatic carbocycles. The molecule has 2 N–H and O–H groups in total. The van der Waals surface area contributed by atoms with Gasteiger partial charge in [-0.05, 0) is 70.5 Å². The largest absolute Gasteiger partial charge is 0.482 e. The Morgan fingerprint density at radius 1 is 1.00 bits per heavy atom. The Labute approximate surface area is 192 Å². The lowest BCUT2D eigenvalue weighted by atomic mass is 10.3. The van der Waals surface area contributed by atoms with Crippen LogP contribution in [-0.4, -0.2) is 20.9 Å². The average Bonchev–Trinajstić information content (AvgIpc) is 2.70. The molecule has 0 aromatic heterocycles. The first-order valence-electron chi connectivity index (χ1n) is 8.50. The van der Waals surface area contributed by atoms with E-state index in [9.17, 15) is 13.2 Å². The molecule has 0 heterocycles. The molecule has 0 fully saturated rings. The summed E-state index contributed by atoms with van der Waals surface area (Å²) in [6, 6.07) is 17.4. The van der Waals surface area contributed by atoms with Crippen molar-refractivity contribution in [3.63, 3.8) is 0 Å². The molecule has 6 nitrogen and oxygen atoms in total. The number of benzene rings is 3. The molecule has 10 heteroatoms. The molecule has 0 saturated heterocycles. The minimum atomic E-state index is -3.86. The summed E-state index contributed by atoms with van der Waals surface area (Å²) in [6.45, 7) is -0.295. The number of anilines is 2. The topological polar surface area (TPSA) is 84.5 Å². The maximum absolute atomic E-state index is 12.5. The first-order chi connectivity index (χ1) is 14.2. The minimum Gasteiger partial charge on any atom is -0.482 e. The highest BCUT2D eigenvalue weighted by atomic mass is 79.9. The number of carbonyl (C=O) groups is 1. The summed E-state index contributed by atoms with van der Waals surface area (Å²) in [5, 5.41) is 3.25. The van der Waals surface area contributed by atoms with Crippen molar-refractivity contribution in [1.82, 2.24) is 0 Å². The molecule has 1 amide bonds. The van der Waals surface area contributed by atoms with E-state index in [-0.39, 0.29) is 28.2 Å². The Hall–Kier alpha value is -2.26. The highest BCUT2D eigenvalue weighted by Crippen LogP contribution is 2.29. The lowest BCUT2D eigenvalue weighted by Gasteiger charge is -2.12. The van der Waals surface area contributed by atoms with Gasteiger partial charge in [0.15, 0.2) is 6.61 Å². The minimum absolute atomic E-state index is 0.0486. The highest BCUT2D eigenvalue weighted by Gasteiger charge is 2.17. The van der Waals surface area contributed by atoms with Gasteiger partial charge in [-0.3, -0.25) is 9.52 Å². The normalized spacial score (nSPS) is 11.0. The van der Waals surface area contributed by atoms with E-state index in [0.717, 1.165) is 4.47 Å². The predicted octanol–water partition coefficient (Wildman–Crippen LogP) is 5.57. The maximum Gasteiger partial charge on any atom is 0.262 e. The van der Waals surface area contributed by atoms with Crippen LogP contribution >= 0.6 is 39.1 Å². The van der Waals surface area contributed by atoms with Gasteiger partial charge in [0.1, 0.15) is 5.75 Å². The van der Waals surface area contributed by atoms with Crippen molar-refractivity contribution in [2.24, 2.45) is 0 Å². The van der Waals surface area contributed by atoms with Crippen LogP contribution in [0.15, 0.2) is 76.1 Å². The highest BCUT2D eigenvalue weighted by molar-refractivity contribution is 9.10. The Morgan fingerprint density at radius 2 is 1.70 bits per heavy atom. The lowest BCUT2D eigenvalue weighted by molar-refractivity contribution is -0.118. The van der Waals surface area contributed by atoms with Crippen molar-refractivity contribution in [2.75, 3.05) is 16.6 Å². The zero-order valence-corrected chi connectivity index (χ0v) is 19.1. The van der Waals surface area contributed by atoms with Gasteiger partial charge >= 0.3 is 0 Å². The van der Waals surface area contributed by atoms with Gasteiger partial charge in [0.05, 0.1) is 15.6 Å². The summed E-state index contributed by atoms with van der Waals surface area (Å²) in [4.78, 5) is 12.0. The predicted molar refractivity (Wildman–Crippen MR) is 122 cm³/mol. The Balaban J connectivity index is 1.65. The number of hydrogen-bond acceptors (Lipinski definition) is 4. The molecule has 0 unspecified atom stereocenters. The van der Waals surface area contributed by atoms with Crippen LogP contribution in [0.5, 0.6) is 5.75 Å². The molecule has 0 aliphatic rings. The monoisotopic (exact) mass is 528 g/mol. The van der Waals surface area contributed by atoms with Crippen LogP contribution in [0.25, 0.3) is 0 Å². The number of nitrogens with one attached hydrogen (secondary N) is 2. The number of hydrogen-bond donors (Lipinski definition) is 2. The Bertz CT molecular complexity index is 1170. The summed E-state index contributed by atoms with van der Waals surface area (Å²) in [7, 11) is -3.86. The number of amides is 1. The second-order valence-electron chi connectivity index (χ2n) is 6.02. The number of halogens is 3. The fourth-order valence-electron chi connectivity index (χ4n) is 2.39. The molecular formula is C20H15BrCl2N2O4S. The second kappa shape index (κ2) is 9.70. The SMILES string of the molecule is O=C(COc1ccc(S(=O)(=O)Nc2ccc(Cl)cc2)cc1Cl)Nc1ccccc1Br. The fraction of sp³-hybridized carbons (Fsp3) is 0.0500. The fourth-order valence-corrected chi connectivity index (χ4v) is 4.28. The molecule has 30 heavy (non-hydrogen) atoms. The van der Waals surface area contributed by atoms with Gasteiger partial charge < -0.3 is 10.1 Å². The van der Waals surface area contributed by atoms with E-state index in [0.29, 0.717) is 16.4 Å². The van der Waals surface area contributed by atoms with Gasteiger partial charge in [0, 0.05) is 15.2 Å². The number of sulfonamides is 1. The van der Waals surface area contributed by atoms with Crippen molar-refractivity contribution < 1.29 is 17.9 Å². The van der Waals surface area contributed by atoms with E-state index in [1.165, 1.54) is 18.2 Å². The maximum atomic E-state index is 12.5. The third-order valence-corrected chi connectivity index (χ3v) is 6.43. The van der Waals surface area contributed by atoms with E-state index in [1.54, 1.807) is 42.5 Å². The van der Waals surface area contributed by atoms with Gasteiger partial charge in [-0.15, -0.1) is 0 Å². The second-order valence-corrected chi connectivity index (χ2v) is 9.40. The van der Waals surface area contributed by atoms with Crippen molar-refractivity contribution >= 4 is 66.4 Å². The molecule has 0 aliphatic carbocycles. The van der Waals surface area contributed by atoms with E-state index in [4.69, 9.17) is 27.9 Å². The van der Waals surface area contributed by atoms with Crippen LogP contribution in [-0.2, 0) is 14.8 Å². The van der Waals surface area contributed by atoms with E-state index < -0.39 is 10.0 Å². The lowest BCUT2D eigenvalue weighted by Crippen LogP contribution is -2.20. The van der Waals surface area contributed by atoms with E-state index in [1.807, 2.05) is 6.07 Å². The molecule has 0 saturated carbocycles. The number of rotatable bonds is 7. The van der Waals surface area contributed by atoms with Crippen LogP contribution < -0.4 is 14.8 Å². The average molecular weight is 530 g/mol. The first kappa shape index (κ1) is 22.4. The van der Waals surface area contributed by atoms with Crippen LogP contribution in [0.3, 0.4) is 0 Å². The molecule has 0 spiro atoms. The molecule has 0 aliphatic heterocycles. The quantitative estimate of drug-likeness (QED) is 0.418. The molecule has 3 aromatic rings. The molecule has 3 rings (SSSR count). The molecule has 0 atom stereocenters. The molecular weight excluding hydrogens is 515 g/mol. The molecule has 0 radical (unpaired) electrons. The van der Waals surface area contributed by atoms with Crippen molar-refractivity contribution in [3.8, 4) is 5.75 Å². The molecule has 0 bridgehead atoms. The van der Waals surface area contributed by atoms with Crippen LogP contribution in [0, 0.1) is 0 Å². The summed E-state index contributed by atoms with van der Waals surface area (Å²) in [5.74, 6) is -0.205. The zero-order valence-electron chi connectivity index (χ0n) is 15.2. The van der Waals surface area contributed by atoms with Crippen molar-refractivity contribution in [3.05, 3.63) is 81.2 Å².